The number of hydrogen-bond acceptors (Lipinski definition) is 3. The zero-order valence-electron chi connectivity index (χ0n) is 9.18. The Bertz CT molecular complexity index is 565. The highest BCUT2D eigenvalue weighted by atomic mass is 35.5. The smallest absolute Gasteiger partial charge is 0.303 e. The molecule has 0 aliphatic carbocycles. The normalized spacial score (nSPS) is 10.7. The Kier molecular flexibility index (Phi) is 3.19. The minimum atomic E-state index is -0.855. The largest absolute Gasteiger partial charge is 0.497 e. The molecule has 0 amide bonds. The van der Waals surface area contributed by atoms with Crippen LogP contribution < -0.4 is 4.74 Å². The van der Waals surface area contributed by atoms with Crippen molar-refractivity contribution in [3.05, 3.63) is 29.3 Å². The van der Waals surface area contributed by atoms with Gasteiger partial charge >= 0.3 is 5.97 Å². The topological polar surface area (TPSA) is 63.8 Å². The van der Waals surface area contributed by atoms with E-state index in [1.165, 1.54) is 0 Å². The van der Waals surface area contributed by atoms with E-state index in [2.05, 4.69) is 4.98 Å². The molecule has 0 unspecified atom stereocenters. The summed E-state index contributed by atoms with van der Waals surface area (Å²) in [6, 6.07) is 3.54. The summed E-state index contributed by atoms with van der Waals surface area (Å²) < 4.78 is 6.86. The number of imidazole rings is 1. The Balaban J connectivity index is 2.41. The third kappa shape index (κ3) is 2.34. The van der Waals surface area contributed by atoms with E-state index < -0.39 is 5.97 Å². The highest BCUT2D eigenvalue weighted by molar-refractivity contribution is 6.32. The van der Waals surface area contributed by atoms with Gasteiger partial charge in [0.05, 0.1) is 19.0 Å². The number of aromatic nitrogens is 2. The predicted octanol–water partition coefficient (Wildman–Crippen LogP) is 2.01. The van der Waals surface area contributed by atoms with E-state index >= 15 is 0 Å². The molecule has 5 nitrogen and oxygen atoms in total. The molecule has 0 saturated carbocycles. The lowest BCUT2D eigenvalue weighted by Crippen LogP contribution is -2.01. The van der Waals surface area contributed by atoms with Crippen molar-refractivity contribution in [1.29, 1.82) is 0 Å². The summed E-state index contributed by atoms with van der Waals surface area (Å²) in [4.78, 5) is 14.7. The van der Waals surface area contributed by atoms with Crippen LogP contribution in [0, 0.1) is 0 Å². The SMILES string of the molecule is COc1ccn2c(CCC(=O)O)nc(Cl)c2c1. The fourth-order valence-electron chi connectivity index (χ4n) is 1.61. The molecule has 6 heteroatoms. The van der Waals surface area contributed by atoms with Crippen LogP contribution in [-0.2, 0) is 11.2 Å². The van der Waals surface area contributed by atoms with Crippen molar-refractivity contribution in [1.82, 2.24) is 9.38 Å². The molecule has 1 N–H and O–H groups in total. The molecule has 2 rings (SSSR count). The number of ether oxygens (including phenoxy) is 1. The lowest BCUT2D eigenvalue weighted by Gasteiger charge is -2.02. The Morgan fingerprint density at radius 2 is 2.41 bits per heavy atom. The molecular formula is C11H11ClN2O3. The van der Waals surface area contributed by atoms with Gasteiger partial charge in [-0.15, -0.1) is 0 Å². The Morgan fingerprint density at radius 1 is 1.65 bits per heavy atom. The molecule has 2 aromatic rings. The molecule has 0 aliphatic rings. The van der Waals surface area contributed by atoms with Crippen molar-refractivity contribution in [3.8, 4) is 5.75 Å². The molecular weight excluding hydrogens is 244 g/mol. The van der Waals surface area contributed by atoms with Gasteiger partial charge in [0.15, 0.2) is 5.15 Å². The van der Waals surface area contributed by atoms with Crippen LogP contribution in [0.1, 0.15) is 12.2 Å². The molecule has 90 valence electrons. The van der Waals surface area contributed by atoms with E-state index in [1.54, 1.807) is 29.8 Å². The van der Waals surface area contributed by atoms with Crippen LogP contribution in [0.4, 0.5) is 0 Å². The van der Waals surface area contributed by atoms with Gasteiger partial charge in [0, 0.05) is 18.7 Å². The average Bonchev–Trinajstić information content (AvgIpc) is 2.63. The Morgan fingerprint density at radius 3 is 3.06 bits per heavy atom. The van der Waals surface area contributed by atoms with Gasteiger partial charge < -0.3 is 14.2 Å². The second kappa shape index (κ2) is 4.63. The van der Waals surface area contributed by atoms with Gasteiger partial charge in [-0.3, -0.25) is 4.79 Å². The maximum Gasteiger partial charge on any atom is 0.303 e. The minimum Gasteiger partial charge on any atom is -0.497 e. The summed E-state index contributed by atoms with van der Waals surface area (Å²) in [6.07, 6.45) is 2.14. The first-order valence-corrected chi connectivity index (χ1v) is 5.42. The van der Waals surface area contributed by atoms with Crippen molar-refractivity contribution < 1.29 is 14.6 Å². The number of carboxylic acids is 1. The van der Waals surface area contributed by atoms with Gasteiger partial charge in [-0.1, -0.05) is 11.6 Å². The van der Waals surface area contributed by atoms with E-state index in [0.717, 1.165) is 0 Å². The summed E-state index contributed by atoms with van der Waals surface area (Å²) in [5.74, 6) is 0.463. The number of pyridine rings is 1. The van der Waals surface area contributed by atoms with E-state index in [-0.39, 0.29) is 6.42 Å². The zero-order valence-corrected chi connectivity index (χ0v) is 9.94. The predicted molar refractivity (Wildman–Crippen MR) is 62.7 cm³/mol. The molecule has 0 aliphatic heterocycles. The second-order valence-corrected chi connectivity index (χ2v) is 3.89. The number of aliphatic carboxylic acids is 1. The van der Waals surface area contributed by atoms with Crippen LogP contribution in [0.15, 0.2) is 18.3 Å². The number of halogens is 1. The third-order valence-corrected chi connectivity index (χ3v) is 2.72. The fourth-order valence-corrected chi connectivity index (χ4v) is 1.85. The van der Waals surface area contributed by atoms with Gasteiger partial charge in [0.25, 0.3) is 0 Å². The first-order chi connectivity index (χ1) is 8.11. The summed E-state index contributed by atoms with van der Waals surface area (Å²) in [5, 5.41) is 9.00. The number of aryl methyl sites for hydroxylation is 1. The number of carboxylic acid groups (broad SMARTS) is 1. The molecule has 0 saturated heterocycles. The number of methoxy groups -OCH3 is 1. The lowest BCUT2D eigenvalue weighted by atomic mass is 10.3. The standard InChI is InChI=1S/C11H11ClN2O3/c1-17-7-4-5-14-8(6-7)11(12)13-9(14)2-3-10(15)16/h4-6H,2-3H2,1H3,(H,15,16). The third-order valence-electron chi connectivity index (χ3n) is 2.44. The summed E-state index contributed by atoms with van der Waals surface area (Å²) in [6.45, 7) is 0. The fraction of sp³-hybridized carbons (Fsp3) is 0.273. The van der Waals surface area contributed by atoms with Crippen LogP contribution in [0.5, 0.6) is 5.75 Å². The summed E-state index contributed by atoms with van der Waals surface area (Å²) in [7, 11) is 1.57. The molecule has 0 bridgehead atoms. The first kappa shape index (κ1) is 11.7. The lowest BCUT2D eigenvalue weighted by molar-refractivity contribution is -0.137. The maximum absolute atomic E-state index is 10.5. The van der Waals surface area contributed by atoms with Crippen LogP contribution in [0.3, 0.4) is 0 Å². The number of hydrogen-bond donors (Lipinski definition) is 1. The number of nitrogens with zero attached hydrogens (tertiary/aromatic N) is 2. The second-order valence-electron chi connectivity index (χ2n) is 3.53. The maximum atomic E-state index is 10.5. The Hall–Kier alpha value is -1.75. The zero-order chi connectivity index (χ0) is 12.4. The highest BCUT2D eigenvalue weighted by Gasteiger charge is 2.11. The van der Waals surface area contributed by atoms with Crippen molar-refractivity contribution in [2.45, 2.75) is 12.8 Å². The van der Waals surface area contributed by atoms with Gasteiger partial charge in [-0.2, -0.15) is 0 Å². The number of carbonyl (C=O) groups is 1. The summed E-state index contributed by atoms with van der Waals surface area (Å²) >= 11 is 5.99. The molecule has 2 aromatic heterocycles. The van der Waals surface area contributed by atoms with E-state index in [9.17, 15) is 4.79 Å². The van der Waals surface area contributed by atoms with E-state index in [4.69, 9.17) is 21.4 Å². The molecule has 0 radical (unpaired) electrons. The van der Waals surface area contributed by atoms with Crippen LogP contribution in [0.2, 0.25) is 5.15 Å². The van der Waals surface area contributed by atoms with Crippen molar-refractivity contribution in [3.63, 3.8) is 0 Å². The summed E-state index contributed by atoms with van der Waals surface area (Å²) in [5.41, 5.74) is 0.714. The molecule has 2 heterocycles. The van der Waals surface area contributed by atoms with Crippen LogP contribution >= 0.6 is 11.6 Å². The van der Waals surface area contributed by atoms with E-state index in [0.29, 0.717) is 28.7 Å². The first-order valence-electron chi connectivity index (χ1n) is 5.04. The van der Waals surface area contributed by atoms with Gasteiger partial charge in [-0.05, 0) is 6.07 Å². The molecule has 0 spiro atoms. The molecule has 17 heavy (non-hydrogen) atoms. The average molecular weight is 255 g/mol. The Labute approximate surface area is 103 Å². The molecule has 0 atom stereocenters. The van der Waals surface area contributed by atoms with Crippen molar-refractivity contribution >= 4 is 23.1 Å². The molecule has 0 aromatic carbocycles. The van der Waals surface area contributed by atoms with Gasteiger partial charge in [0.1, 0.15) is 11.6 Å². The van der Waals surface area contributed by atoms with Gasteiger partial charge in [-0.25, -0.2) is 4.98 Å². The van der Waals surface area contributed by atoms with Crippen molar-refractivity contribution in [2.24, 2.45) is 0 Å². The quantitative estimate of drug-likeness (QED) is 0.907. The minimum absolute atomic E-state index is 0.0292. The number of rotatable bonds is 4. The van der Waals surface area contributed by atoms with Crippen LogP contribution in [-0.4, -0.2) is 27.6 Å². The highest BCUT2D eigenvalue weighted by Crippen LogP contribution is 2.23. The number of fused-ring (bicyclic) bond motifs is 1. The molecule has 0 fully saturated rings. The van der Waals surface area contributed by atoms with Gasteiger partial charge in [0.2, 0.25) is 0 Å². The van der Waals surface area contributed by atoms with Crippen LogP contribution in [0.25, 0.3) is 5.52 Å². The van der Waals surface area contributed by atoms with Crippen molar-refractivity contribution in [2.75, 3.05) is 7.11 Å². The van der Waals surface area contributed by atoms with E-state index in [1.807, 2.05) is 0 Å². The monoisotopic (exact) mass is 254 g/mol.